The Labute approximate surface area is 118 Å². The summed E-state index contributed by atoms with van der Waals surface area (Å²) in [5, 5.41) is 9.18. The van der Waals surface area contributed by atoms with Crippen LogP contribution in [0.5, 0.6) is 0 Å². The molecule has 19 heavy (non-hydrogen) atoms. The fraction of sp³-hybridized carbons (Fsp3) is 0.375. The Bertz CT molecular complexity index is 523. The van der Waals surface area contributed by atoms with Gasteiger partial charge >= 0.3 is 0 Å². The highest BCUT2D eigenvalue weighted by Crippen LogP contribution is 2.29. The molecule has 2 aromatic rings. The maximum absolute atomic E-state index is 9.18. The molecule has 1 atom stereocenters. The minimum absolute atomic E-state index is 0.330. The van der Waals surface area contributed by atoms with Crippen LogP contribution >= 0.6 is 11.3 Å². The third-order valence-corrected chi connectivity index (χ3v) is 4.85. The fourth-order valence-electron chi connectivity index (χ4n) is 2.65. The Morgan fingerprint density at radius 1 is 1.16 bits per heavy atom. The quantitative estimate of drug-likeness (QED) is 0.924. The monoisotopic (exact) mass is 273 g/mol. The Kier molecular flexibility index (Phi) is 3.97. The Morgan fingerprint density at radius 2 is 2.00 bits per heavy atom. The maximum Gasteiger partial charge on any atom is 0.0471 e. The van der Waals surface area contributed by atoms with Crippen LogP contribution in [0.15, 0.2) is 42.5 Å². The number of hydrogen-bond donors (Lipinski definition) is 1. The van der Waals surface area contributed by atoms with Gasteiger partial charge in [0.2, 0.25) is 0 Å². The van der Waals surface area contributed by atoms with Crippen molar-refractivity contribution in [2.45, 2.75) is 13.0 Å². The van der Waals surface area contributed by atoms with Crippen molar-refractivity contribution in [3.05, 3.63) is 47.3 Å². The molecule has 1 fully saturated rings. The summed E-state index contributed by atoms with van der Waals surface area (Å²) in [5.74, 6) is 0.480. The first-order chi connectivity index (χ1) is 9.35. The Hall–Kier alpha value is -1.16. The van der Waals surface area contributed by atoms with Crippen LogP contribution in [0.1, 0.15) is 11.3 Å². The number of rotatable bonds is 4. The van der Waals surface area contributed by atoms with Crippen LogP contribution in [-0.2, 0) is 6.54 Å². The summed E-state index contributed by atoms with van der Waals surface area (Å²) < 4.78 is 0. The van der Waals surface area contributed by atoms with Crippen LogP contribution in [0.25, 0.3) is 10.4 Å². The second-order valence-electron chi connectivity index (χ2n) is 5.20. The van der Waals surface area contributed by atoms with Crippen LogP contribution in [-0.4, -0.2) is 29.7 Å². The third kappa shape index (κ3) is 3.06. The number of aliphatic hydroxyl groups excluding tert-OH is 1. The van der Waals surface area contributed by atoms with E-state index in [0.29, 0.717) is 12.5 Å². The van der Waals surface area contributed by atoms with Crippen molar-refractivity contribution >= 4 is 11.3 Å². The van der Waals surface area contributed by atoms with Gasteiger partial charge in [-0.1, -0.05) is 30.3 Å². The van der Waals surface area contributed by atoms with E-state index in [-0.39, 0.29) is 0 Å². The molecular weight excluding hydrogens is 254 g/mol. The highest BCUT2D eigenvalue weighted by atomic mass is 32.1. The second-order valence-corrected chi connectivity index (χ2v) is 6.37. The van der Waals surface area contributed by atoms with E-state index < -0.39 is 0 Å². The van der Waals surface area contributed by atoms with Crippen molar-refractivity contribution in [3.8, 4) is 10.4 Å². The number of likely N-dealkylation sites (tertiary alicyclic amines) is 1. The zero-order chi connectivity index (χ0) is 13.1. The van der Waals surface area contributed by atoms with Gasteiger partial charge in [-0.2, -0.15) is 0 Å². The fourth-order valence-corrected chi connectivity index (χ4v) is 3.70. The van der Waals surface area contributed by atoms with Crippen LogP contribution in [0, 0.1) is 5.92 Å². The molecular formula is C16H19NOS. The molecule has 1 aromatic carbocycles. The second kappa shape index (κ2) is 5.87. The summed E-state index contributed by atoms with van der Waals surface area (Å²) in [6.07, 6.45) is 1.13. The van der Waals surface area contributed by atoms with Crippen molar-refractivity contribution in [2.24, 2.45) is 5.92 Å². The Morgan fingerprint density at radius 3 is 2.74 bits per heavy atom. The zero-order valence-corrected chi connectivity index (χ0v) is 11.8. The zero-order valence-electron chi connectivity index (χ0n) is 11.0. The minimum atomic E-state index is 0.330. The van der Waals surface area contributed by atoms with Crippen molar-refractivity contribution in [1.82, 2.24) is 4.90 Å². The van der Waals surface area contributed by atoms with Crippen molar-refractivity contribution in [2.75, 3.05) is 19.7 Å². The molecule has 1 N–H and O–H groups in total. The standard InChI is InChI=1S/C16H19NOS/c18-12-13-8-9-17(10-13)11-15-6-7-16(19-15)14-4-2-1-3-5-14/h1-7,13,18H,8-12H2. The number of benzene rings is 1. The normalized spacial score (nSPS) is 19.9. The third-order valence-electron chi connectivity index (χ3n) is 3.73. The predicted molar refractivity (Wildman–Crippen MR) is 80.2 cm³/mol. The molecule has 100 valence electrons. The maximum atomic E-state index is 9.18. The summed E-state index contributed by atoms with van der Waals surface area (Å²) >= 11 is 1.88. The molecule has 0 amide bonds. The average Bonchev–Trinajstić information content (AvgIpc) is 3.09. The van der Waals surface area contributed by atoms with Crippen LogP contribution < -0.4 is 0 Å². The molecule has 3 rings (SSSR count). The summed E-state index contributed by atoms with van der Waals surface area (Å²) in [6.45, 7) is 3.50. The van der Waals surface area contributed by atoms with Gasteiger partial charge in [0.25, 0.3) is 0 Å². The van der Waals surface area contributed by atoms with Gasteiger partial charge < -0.3 is 5.11 Å². The smallest absolute Gasteiger partial charge is 0.0471 e. The summed E-state index contributed by atoms with van der Waals surface area (Å²) in [7, 11) is 0. The molecule has 1 aliphatic rings. The van der Waals surface area contributed by atoms with E-state index >= 15 is 0 Å². The minimum Gasteiger partial charge on any atom is -0.396 e. The lowest BCUT2D eigenvalue weighted by atomic mass is 10.1. The van der Waals surface area contributed by atoms with Gasteiger partial charge in [0.05, 0.1) is 0 Å². The highest BCUT2D eigenvalue weighted by Gasteiger charge is 2.21. The van der Waals surface area contributed by atoms with E-state index in [1.54, 1.807) is 0 Å². The average molecular weight is 273 g/mol. The number of thiophene rings is 1. The van der Waals surface area contributed by atoms with E-state index in [4.69, 9.17) is 0 Å². The Balaban J connectivity index is 1.66. The molecule has 2 heterocycles. The lowest BCUT2D eigenvalue weighted by molar-refractivity contribution is 0.220. The van der Waals surface area contributed by atoms with Gasteiger partial charge in [0.1, 0.15) is 0 Å². The molecule has 0 radical (unpaired) electrons. The number of nitrogens with zero attached hydrogens (tertiary/aromatic N) is 1. The molecule has 2 nitrogen and oxygen atoms in total. The predicted octanol–water partition coefficient (Wildman–Crippen LogP) is 3.23. The van der Waals surface area contributed by atoms with Crippen LogP contribution in [0.4, 0.5) is 0 Å². The van der Waals surface area contributed by atoms with Crippen molar-refractivity contribution in [3.63, 3.8) is 0 Å². The van der Waals surface area contributed by atoms with E-state index in [1.807, 2.05) is 11.3 Å². The topological polar surface area (TPSA) is 23.5 Å². The highest BCUT2D eigenvalue weighted by molar-refractivity contribution is 7.15. The van der Waals surface area contributed by atoms with E-state index in [1.165, 1.54) is 15.3 Å². The van der Waals surface area contributed by atoms with Gasteiger partial charge in [0, 0.05) is 29.5 Å². The molecule has 3 heteroatoms. The van der Waals surface area contributed by atoms with E-state index in [2.05, 4.69) is 47.4 Å². The van der Waals surface area contributed by atoms with Crippen LogP contribution in [0.2, 0.25) is 0 Å². The molecule has 1 saturated heterocycles. The molecule has 0 bridgehead atoms. The summed E-state index contributed by atoms with van der Waals surface area (Å²) in [6, 6.07) is 15.0. The van der Waals surface area contributed by atoms with E-state index in [9.17, 15) is 5.11 Å². The molecule has 0 saturated carbocycles. The lowest BCUT2D eigenvalue weighted by Gasteiger charge is -2.13. The van der Waals surface area contributed by atoms with Crippen molar-refractivity contribution < 1.29 is 5.11 Å². The van der Waals surface area contributed by atoms with Gasteiger partial charge in [-0.3, -0.25) is 4.90 Å². The first-order valence-electron chi connectivity index (χ1n) is 6.82. The largest absolute Gasteiger partial charge is 0.396 e. The lowest BCUT2D eigenvalue weighted by Crippen LogP contribution is -2.20. The molecule has 1 aliphatic heterocycles. The first-order valence-corrected chi connectivity index (χ1v) is 7.64. The summed E-state index contributed by atoms with van der Waals surface area (Å²) in [4.78, 5) is 5.20. The van der Waals surface area contributed by atoms with Crippen molar-refractivity contribution in [1.29, 1.82) is 0 Å². The molecule has 0 spiro atoms. The number of aliphatic hydroxyl groups is 1. The summed E-state index contributed by atoms with van der Waals surface area (Å²) in [5.41, 5.74) is 1.30. The SMILES string of the molecule is OCC1CCN(Cc2ccc(-c3ccccc3)s2)C1. The first kappa shape index (κ1) is 12.9. The number of hydrogen-bond acceptors (Lipinski definition) is 3. The van der Waals surface area contributed by atoms with Gasteiger partial charge in [0.15, 0.2) is 0 Å². The molecule has 0 aliphatic carbocycles. The van der Waals surface area contributed by atoms with Gasteiger partial charge in [-0.25, -0.2) is 0 Å². The van der Waals surface area contributed by atoms with Gasteiger partial charge in [-0.15, -0.1) is 11.3 Å². The van der Waals surface area contributed by atoms with Gasteiger partial charge in [-0.05, 0) is 36.6 Å². The van der Waals surface area contributed by atoms with E-state index in [0.717, 1.165) is 26.1 Å². The molecule has 1 aromatic heterocycles. The molecule has 1 unspecified atom stereocenters. The van der Waals surface area contributed by atoms with Crippen LogP contribution in [0.3, 0.4) is 0 Å².